The molecule has 0 amide bonds. The Hall–Kier alpha value is -1.39. The summed E-state index contributed by atoms with van der Waals surface area (Å²) in [5.74, 6) is -3.51. The fourth-order valence-corrected chi connectivity index (χ4v) is 0.791. The smallest absolute Gasteiger partial charge is 0.186 e. The lowest BCUT2D eigenvalue weighted by Gasteiger charge is -2.05. The van der Waals surface area contributed by atoms with Gasteiger partial charge in [0, 0.05) is 13.1 Å². The lowest BCUT2D eigenvalue weighted by molar-refractivity contribution is 0.503. The molecular weight excluding hydrogens is 169 g/mol. The SMILES string of the molecule is CNc1cc(F)c(N)c(F)c1F. The number of nitrogen functional groups attached to an aromatic ring is 1. The molecule has 3 N–H and O–H groups in total. The van der Waals surface area contributed by atoms with Crippen molar-refractivity contribution < 1.29 is 13.2 Å². The third kappa shape index (κ3) is 1.17. The van der Waals surface area contributed by atoms with E-state index in [0.29, 0.717) is 0 Å². The number of benzene rings is 1. The van der Waals surface area contributed by atoms with E-state index in [9.17, 15) is 13.2 Å². The molecule has 2 nitrogen and oxygen atoms in total. The highest BCUT2D eigenvalue weighted by molar-refractivity contribution is 5.54. The summed E-state index contributed by atoms with van der Waals surface area (Å²) in [5, 5.41) is 2.29. The van der Waals surface area contributed by atoms with Crippen molar-refractivity contribution in [2.24, 2.45) is 0 Å². The molecule has 0 spiro atoms. The molecule has 1 aromatic rings. The molecule has 0 bridgehead atoms. The first-order valence-electron chi connectivity index (χ1n) is 3.18. The maximum atomic E-state index is 12.8. The van der Waals surface area contributed by atoms with E-state index in [1.807, 2.05) is 0 Å². The molecule has 66 valence electrons. The highest BCUT2D eigenvalue weighted by Gasteiger charge is 2.15. The summed E-state index contributed by atoms with van der Waals surface area (Å²) in [6.07, 6.45) is 0. The Morgan fingerprint density at radius 2 is 1.83 bits per heavy atom. The monoisotopic (exact) mass is 176 g/mol. The average Bonchev–Trinajstić information content (AvgIpc) is 2.08. The lowest BCUT2D eigenvalue weighted by atomic mass is 10.2. The van der Waals surface area contributed by atoms with E-state index in [2.05, 4.69) is 5.32 Å². The predicted molar refractivity (Wildman–Crippen MR) is 40.3 cm³/mol. The van der Waals surface area contributed by atoms with Crippen LogP contribution in [0.4, 0.5) is 24.5 Å². The van der Waals surface area contributed by atoms with Gasteiger partial charge in [0.2, 0.25) is 0 Å². The Morgan fingerprint density at radius 1 is 1.25 bits per heavy atom. The van der Waals surface area contributed by atoms with E-state index < -0.39 is 23.1 Å². The van der Waals surface area contributed by atoms with Gasteiger partial charge in [-0.25, -0.2) is 13.2 Å². The molecule has 1 rings (SSSR count). The molecule has 5 heteroatoms. The van der Waals surface area contributed by atoms with Crippen LogP contribution in [-0.2, 0) is 0 Å². The number of nitrogens with two attached hydrogens (primary N) is 1. The molecule has 0 aliphatic heterocycles. The summed E-state index contributed by atoms with van der Waals surface area (Å²) in [4.78, 5) is 0. The largest absolute Gasteiger partial charge is 0.394 e. The van der Waals surface area contributed by atoms with Crippen LogP contribution in [0.15, 0.2) is 6.07 Å². The second kappa shape index (κ2) is 2.92. The van der Waals surface area contributed by atoms with Crippen molar-refractivity contribution in [3.63, 3.8) is 0 Å². The normalized spacial score (nSPS) is 10.0. The molecule has 12 heavy (non-hydrogen) atoms. The summed E-state index contributed by atoms with van der Waals surface area (Å²) in [5.41, 5.74) is 3.84. The van der Waals surface area contributed by atoms with Crippen LogP contribution in [0.3, 0.4) is 0 Å². The number of halogens is 3. The molecule has 0 fully saturated rings. The van der Waals surface area contributed by atoms with Gasteiger partial charge < -0.3 is 11.1 Å². The quantitative estimate of drug-likeness (QED) is 0.505. The van der Waals surface area contributed by atoms with Crippen molar-refractivity contribution >= 4 is 11.4 Å². The van der Waals surface area contributed by atoms with Crippen LogP contribution >= 0.6 is 0 Å². The van der Waals surface area contributed by atoms with Crippen LogP contribution in [0.1, 0.15) is 0 Å². The molecule has 0 atom stereocenters. The van der Waals surface area contributed by atoms with Crippen LogP contribution in [0, 0.1) is 17.5 Å². The Balaban J connectivity index is 3.39. The Labute approximate surface area is 67.2 Å². The zero-order valence-corrected chi connectivity index (χ0v) is 6.29. The number of rotatable bonds is 1. The van der Waals surface area contributed by atoms with Gasteiger partial charge in [-0.3, -0.25) is 0 Å². The van der Waals surface area contributed by atoms with E-state index in [1.165, 1.54) is 7.05 Å². The van der Waals surface area contributed by atoms with Crippen LogP contribution in [0.25, 0.3) is 0 Å². The van der Waals surface area contributed by atoms with Gasteiger partial charge in [-0.05, 0) is 0 Å². The summed E-state index contributed by atoms with van der Waals surface area (Å²) in [6.45, 7) is 0. The molecular formula is C7H7F3N2. The van der Waals surface area contributed by atoms with E-state index in [4.69, 9.17) is 5.73 Å². The van der Waals surface area contributed by atoms with Crippen molar-refractivity contribution in [2.75, 3.05) is 18.1 Å². The Bertz CT molecular complexity index is 312. The standard InChI is InChI=1S/C7H7F3N2/c1-12-4-2-3(8)7(11)6(10)5(4)9/h2,12H,11H2,1H3. The highest BCUT2D eigenvalue weighted by Crippen LogP contribution is 2.24. The van der Waals surface area contributed by atoms with Crippen LogP contribution in [0.5, 0.6) is 0 Å². The third-order valence-electron chi connectivity index (χ3n) is 1.46. The summed E-state index contributed by atoms with van der Waals surface area (Å²) in [7, 11) is 1.35. The number of hydrogen-bond acceptors (Lipinski definition) is 2. The van der Waals surface area contributed by atoms with Gasteiger partial charge in [0.05, 0.1) is 5.69 Å². The lowest BCUT2D eigenvalue weighted by Crippen LogP contribution is -2.03. The fraction of sp³-hybridized carbons (Fsp3) is 0.143. The van der Waals surface area contributed by atoms with E-state index in [1.54, 1.807) is 0 Å². The van der Waals surface area contributed by atoms with Gasteiger partial charge in [-0.1, -0.05) is 0 Å². The number of hydrogen-bond donors (Lipinski definition) is 2. The maximum Gasteiger partial charge on any atom is 0.186 e. The van der Waals surface area contributed by atoms with Crippen molar-refractivity contribution in [3.8, 4) is 0 Å². The molecule has 0 saturated carbocycles. The topological polar surface area (TPSA) is 38.0 Å². The van der Waals surface area contributed by atoms with Gasteiger partial charge in [0.15, 0.2) is 17.5 Å². The summed E-state index contributed by atoms with van der Waals surface area (Å²) in [6, 6.07) is 0.799. The summed E-state index contributed by atoms with van der Waals surface area (Å²) >= 11 is 0. The number of anilines is 2. The zero-order valence-electron chi connectivity index (χ0n) is 6.29. The molecule has 0 radical (unpaired) electrons. The second-order valence-corrected chi connectivity index (χ2v) is 2.20. The van der Waals surface area contributed by atoms with Crippen LogP contribution < -0.4 is 11.1 Å². The van der Waals surface area contributed by atoms with E-state index >= 15 is 0 Å². The van der Waals surface area contributed by atoms with Crippen molar-refractivity contribution in [1.82, 2.24) is 0 Å². The first kappa shape index (κ1) is 8.70. The average molecular weight is 176 g/mol. The van der Waals surface area contributed by atoms with E-state index in [-0.39, 0.29) is 5.69 Å². The predicted octanol–water partition coefficient (Wildman–Crippen LogP) is 1.73. The van der Waals surface area contributed by atoms with Gasteiger partial charge in [0.1, 0.15) is 5.69 Å². The third-order valence-corrected chi connectivity index (χ3v) is 1.46. The molecule has 0 unspecified atom stereocenters. The maximum absolute atomic E-state index is 12.8. The Kier molecular flexibility index (Phi) is 2.12. The fourth-order valence-electron chi connectivity index (χ4n) is 0.791. The van der Waals surface area contributed by atoms with Gasteiger partial charge in [-0.2, -0.15) is 0 Å². The second-order valence-electron chi connectivity index (χ2n) is 2.20. The molecule has 0 aliphatic rings. The van der Waals surface area contributed by atoms with Crippen LogP contribution in [0.2, 0.25) is 0 Å². The molecule has 0 heterocycles. The van der Waals surface area contributed by atoms with Crippen molar-refractivity contribution in [1.29, 1.82) is 0 Å². The zero-order chi connectivity index (χ0) is 9.30. The molecule has 0 saturated heterocycles. The van der Waals surface area contributed by atoms with Crippen LogP contribution in [-0.4, -0.2) is 7.05 Å². The minimum Gasteiger partial charge on any atom is -0.394 e. The van der Waals surface area contributed by atoms with Gasteiger partial charge in [-0.15, -0.1) is 0 Å². The highest BCUT2D eigenvalue weighted by atomic mass is 19.2. The minimum atomic E-state index is -1.36. The van der Waals surface area contributed by atoms with E-state index in [0.717, 1.165) is 6.07 Å². The van der Waals surface area contributed by atoms with Crippen molar-refractivity contribution in [2.45, 2.75) is 0 Å². The minimum absolute atomic E-state index is 0.251. The number of nitrogens with one attached hydrogen (secondary N) is 1. The van der Waals surface area contributed by atoms with Gasteiger partial charge >= 0.3 is 0 Å². The summed E-state index contributed by atoms with van der Waals surface area (Å²) < 4.78 is 38.1. The Morgan fingerprint density at radius 3 is 2.33 bits per heavy atom. The first-order chi connectivity index (χ1) is 5.57. The first-order valence-corrected chi connectivity index (χ1v) is 3.18. The van der Waals surface area contributed by atoms with Crippen molar-refractivity contribution in [3.05, 3.63) is 23.5 Å². The molecule has 0 aliphatic carbocycles. The molecule has 1 aromatic carbocycles. The molecule has 0 aromatic heterocycles. The van der Waals surface area contributed by atoms with Gasteiger partial charge in [0.25, 0.3) is 0 Å².